The van der Waals surface area contributed by atoms with Crippen molar-refractivity contribution < 1.29 is 4.74 Å². The summed E-state index contributed by atoms with van der Waals surface area (Å²) < 4.78 is 5.68. The highest BCUT2D eigenvalue weighted by molar-refractivity contribution is 5.33. The fraction of sp³-hybridized carbons (Fsp3) is 0.385. The Morgan fingerprint density at radius 3 is 2.73 bits per heavy atom. The number of benzene rings is 1. The first-order chi connectivity index (χ1) is 7.24. The molecule has 1 aromatic rings. The van der Waals surface area contributed by atoms with Crippen LogP contribution in [0.5, 0.6) is 5.75 Å². The van der Waals surface area contributed by atoms with Crippen LogP contribution in [0.15, 0.2) is 35.9 Å². The predicted octanol–water partition coefficient (Wildman–Crippen LogP) is 2.75. The maximum absolute atomic E-state index is 5.68. The van der Waals surface area contributed by atoms with Gasteiger partial charge in [0.05, 0.1) is 0 Å². The summed E-state index contributed by atoms with van der Waals surface area (Å²) in [6.07, 6.45) is 2.08. The van der Waals surface area contributed by atoms with Crippen molar-refractivity contribution in [3.8, 4) is 5.75 Å². The molecule has 0 heterocycles. The summed E-state index contributed by atoms with van der Waals surface area (Å²) in [5.41, 5.74) is 2.48. The summed E-state index contributed by atoms with van der Waals surface area (Å²) in [7, 11) is 1.94. The molecule has 0 fully saturated rings. The Hall–Kier alpha value is -1.28. The topological polar surface area (TPSA) is 21.3 Å². The molecule has 0 bridgehead atoms. The minimum Gasteiger partial charge on any atom is -0.489 e. The summed E-state index contributed by atoms with van der Waals surface area (Å²) in [5.74, 6) is 0.962. The molecule has 0 aromatic heterocycles. The van der Waals surface area contributed by atoms with Crippen LogP contribution in [0, 0.1) is 0 Å². The van der Waals surface area contributed by atoms with Crippen molar-refractivity contribution in [2.24, 2.45) is 0 Å². The van der Waals surface area contributed by atoms with Gasteiger partial charge in [-0.2, -0.15) is 0 Å². The van der Waals surface area contributed by atoms with Crippen LogP contribution in [0.25, 0.3) is 0 Å². The number of hydrogen-bond acceptors (Lipinski definition) is 2. The van der Waals surface area contributed by atoms with Gasteiger partial charge in [-0.15, -0.1) is 0 Å². The van der Waals surface area contributed by atoms with Crippen LogP contribution in [0.1, 0.15) is 19.4 Å². The largest absolute Gasteiger partial charge is 0.489 e. The van der Waals surface area contributed by atoms with Crippen molar-refractivity contribution in [3.63, 3.8) is 0 Å². The summed E-state index contributed by atoms with van der Waals surface area (Å²) in [4.78, 5) is 0. The average molecular weight is 205 g/mol. The number of nitrogens with one attached hydrogen (secondary N) is 1. The Kier molecular flexibility index (Phi) is 4.91. The highest BCUT2D eigenvalue weighted by Gasteiger charge is 1.99. The maximum atomic E-state index is 5.68. The van der Waals surface area contributed by atoms with E-state index in [2.05, 4.69) is 31.3 Å². The van der Waals surface area contributed by atoms with Gasteiger partial charge in [-0.1, -0.05) is 23.8 Å². The van der Waals surface area contributed by atoms with Crippen LogP contribution in [0.2, 0.25) is 0 Å². The fourth-order valence-corrected chi connectivity index (χ4v) is 1.28. The molecular weight excluding hydrogens is 186 g/mol. The van der Waals surface area contributed by atoms with Crippen LogP contribution >= 0.6 is 0 Å². The van der Waals surface area contributed by atoms with Gasteiger partial charge in [0.25, 0.3) is 0 Å². The Morgan fingerprint density at radius 2 is 2.07 bits per heavy atom. The van der Waals surface area contributed by atoms with E-state index in [-0.39, 0.29) is 0 Å². The second kappa shape index (κ2) is 6.25. The van der Waals surface area contributed by atoms with E-state index in [1.54, 1.807) is 0 Å². The maximum Gasteiger partial charge on any atom is 0.124 e. The third-order valence-corrected chi connectivity index (χ3v) is 2.07. The molecule has 1 N–H and O–H groups in total. The van der Waals surface area contributed by atoms with Gasteiger partial charge < -0.3 is 10.1 Å². The monoisotopic (exact) mass is 205 g/mol. The summed E-state index contributed by atoms with van der Waals surface area (Å²) in [5, 5.41) is 3.13. The van der Waals surface area contributed by atoms with E-state index in [0.29, 0.717) is 6.61 Å². The molecule has 0 spiro atoms. The number of ether oxygens (including phenoxy) is 1. The zero-order valence-corrected chi connectivity index (χ0v) is 9.71. The van der Waals surface area contributed by atoms with Crippen molar-refractivity contribution in [3.05, 3.63) is 41.5 Å². The van der Waals surface area contributed by atoms with E-state index in [1.165, 1.54) is 11.1 Å². The highest BCUT2D eigenvalue weighted by atomic mass is 16.5. The molecule has 0 aliphatic carbocycles. The lowest BCUT2D eigenvalue weighted by Gasteiger charge is -2.09. The van der Waals surface area contributed by atoms with E-state index < -0.39 is 0 Å². The second-order valence-corrected chi connectivity index (χ2v) is 3.73. The second-order valence-electron chi connectivity index (χ2n) is 3.73. The molecule has 2 nitrogen and oxygen atoms in total. The Labute approximate surface area is 92.0 Å². The average Bonchev–Trinajstić information content (AvgIpc) is 2.20. The van der Waals surface area contributed by atoms with Crippen molar-refractivity contribution in [1.82, 2.24) is 5.32 Å². The molecule has 0 saturated heterocycles. The first kappa shape index (κ1) is 11.8. The minimum atomic E-state index is 0.642. The Bertz CT molecular complexity index is 327. The summed E-state index contributed by atoms with van der Waals surface area (Å²) in [6, 6.07) is 8.11. The molecule has 0 amide bonds. The van der Waals surface area contributed by atoms with Gasteiger partial charge in [0.1, 0.15) is 12.4 Å². The lowest BCUT2D eigenvalue weighted by Crippen LogP contribution is -2.07. The molecule has 0 radical (unpaired) electrons. The van der Waals surface area contributed by atoms with E-state index >= 15 is 0 Å². The van der Waals surface area contributed by atoms with Gasteiger partial charge in [0.2, 0.25) is 0 Å². The first-order valence-corrected chi connectivity index (χ1v) is 5.22. The molecule has 0 unspecified atom stereocenters. The third-order valence-electron chi connectivity index (χ3n) is 2.07. The van der Waals surface area contributed by atoms with Crippen molar-refractivity contribution in [2.45, 2.75) is 20.4 Å². The van der Waals surface area contributed by atoms with E-state index in [9.17, 15) is 0 Å². The summed E-state index contributed by atoms with van der Waals surface area (Å²) in [6.45, 7) is 5.62. The number of para-hydroxylation sites is 1. The van der Waals surface area contributed by atoms with Crippen molar-refractivity contribution in [1.29, 1.82) is 0 Å². The van der Waals surface area contributed by atoms with E-state index in [0.717, 1.165) is 12.3 Å². The lowest BCUT2D eigenvalue weighted by molar-refractivity contribution is 0.357. The van der Waals surface area contributed by atoms with Crippen molar-refractivity contribution in [2.75, 3.05) is 13.7 Å². The quantitative estimate of drug-likeness (QED) is 0.746. The predicted molar refractivity (Wildman–Crippen MR) is 64.1 cm³/mol. The third kappa shape index (κ3) is 4.17. The zero-order chi connectivity index (χ0) is 11.1. The van der Waals surface area contributed by atoms with Gasteiger partial charge in [-0.3, -0.25) is 0 Å². The van der Waals surface area contributed by atoms with Gasteiger partial charge in [0.15, 0.2) is 0 Å². The molecule has 0 saturated carbocycles. The zero-order valence-electron chi connectivity index (χ0n) is 9.71. The standard InChI is InChI=1S/C13H19NO/c1-11(2)8-9-15-13-7-5-4-6-12(13)10-14-3/h4-8,14H,9-10H2,1-3H3. The highest BCUT2D eigenvalue weighted by Crippen LogP contribution is 2.17. The molecule has 0 aliphatic rings. The Morgan fingerprint density at radius 1 is 1.33 bits per heavy atom. The number of hydrogen-bond donors (Lipinski definition) is 1. The Balaban J connectivity index is 2.63. The van der Waals surface area contributed by atoms with Gasteiger partial charge in [0, 0.05) is 12.1 Å². The van der Waals surface area contributed by atoms with Crippen LogP contribution in [-0.2, 0) is 6.54 Å². The summed E-state index contributed by atoms with van der Waals surface area (Å²) >= 11 is 0. The van der Waals surface area contributed by atoms with Crippen LogP contribution in [-0.4, -0.2) is 13.7 Å². The molecule has 0 aliphatic heterocycles. The molecule has 2 heteroatoms. The number of rotatable bonds is 5. The van der Waals surface area contributed by atoms with Gasteiger partial charge in [-0.25, -0.2) is 0 Å². The van der Waals surface area contributed by atoms with E-state index in [4.69, 9.17) is 4.74 Å². The van der Waals surface area contributed by atoms with Gasteiger partial charge >= 0.3 is 0 Å². The number of allylic oxidation sites excluding steroid dienone is 1. The molecular formula is C13H19NO. The SMILES string of the molecule is CNCc1ccccc1OCC=C(C)C. The van der Waals surface area contributed by atoms with E-state index in [1.807, 2.05) is 25.2 Å². The first-order valence-electron chi connectivity index (χ1n) is 5.22. The molecule has 15 heavy (non-hydrogen) atoms. The van der Waals surface area contributed by atoms with Crippen molar-refractivity contribution >= 4 is 0 Å². The normalized spacial score (nSPS) is 9.80. The smallest absolute Gasteiger partial charge is 0.124 e. The van der Waals surface area contributed by atoms with Crippen LogP contribution < -0.4 is 10.1 Å². The van der Waals surface area contributed by atoms with Crippen LogP contribution in [0.3, 0.4) is 0 Å². The molecule has 1 rings (SSSR count). The minimum absolute atomic E-state index is 0.642. The molecule has 1 aromatic carbocycles. The fourth-order valence-electron chi connectivity index (χ4n) is 1.28. The van der Waals surface area contributed by atoms with Gasteiger partial charge in [-0.05, 0) is 33.0 Å². The molecule has 82 valence electrons. The van der Waals surface area contributed by atoms with Crippen LogP contribution in [0.4, 0.5) is 0 Å². The lowest BCUT2D eigenvalue weighted by atomic mass is 10.2. The molecule has 0 atom stereocenters.